The van der Waals surface area contributed by atoms with Crippen LogP contribution in [0.5, 0.6) is 11.5 Å². The Morgan fingerprint density at radius 1 is 0.821 bits per heavy atom. The van der Waals surface area contributed by atoms with E-state index in [1.165, 1.54) is 11.1 Å². The summed E-state index contributed by atoms with van der Waals surface area (Å²) < 4.78 is 21.6. The van der Waals surface area contributed by atoms with E-state index in [0.29, 0.717) is 32.5 Å². The van der Waals surface area contributed by atoms with Gasteiger partial charge in [-0.05, 0) is 48.7 Å². The van der Waals surface area contributed by atoms with Gasteiger partial charge in [0.1, 0.15) is 18.1 Å². The molecule has 0 radical (unpaired) electrons. The van der Waals surface area contributed by atoms with Gasteiger partial charge in [0, 0.05) is 25.7 Å². The molecule has 0 aliphatic carbocycles. The Morgan fingerprint density at radius 2 is 1.46 bits per heavy atom. The van der Waals surface area contributed by atoms with Crippen LogP contribution in [0.15, 0.2) is 48.5 Å². The first-order valence-electron chi connectivity index (χ1n) is 10.0. The number of hydrogen-bond acceptors (Lipinski definition) is 5. The number of ether oxygens (including phenoxy) is 4. The molecule has 1 saturated heterocycles. The van der Waals surface area contributed by atoms with Crippen molar-refractivity contribution >= 4 is 0 Å². The summed E-state index contributed by atoms with van der Waals surface area (Å²) in [6, 6.07) is 17.4. The summed E-state index contributed by atoms with van der Waals surface area (Å²) in [4.78, 5) is 2.49. The molecule has 28 heavy (non-hydrogen) atoms. The van der Waals surface area contributed by atoms with E-state index in [1.807, 2.05) is 31.2 Å². The number of methoxy groups -OCH3 is 1. The lowest BCUT2D eigenvalue weighted by Gasteiger charge is -2.09. The minimum atomic E-state index is 0.559. The summed E-state index contributed by atoms with van der Waals surface area (Å²) in [6.45, 7) is 7.26. The zero-order chi connectivity index (χ0) is 19.6. The normalized spacial score (nSPS) is 18.1. The zero-order valence-electron chi connectivity index (χ0n) is 16.9. The van der Waals surface area contributed by atoms with Gasteiger partial charge in [-0.15, -0.1) is 0 Å². The molecule has 3 rings (SSSR count). The third-order valence-corrected chi connectivity index (χ3v) is 4.84. The third-order valence-electron chi connectivity index (χ3n) is 4.84. The van der Waals surface area contributed by atoms with Crippen LogP contribution in [0.2, 0.25) is 0 Å². The number of benzene rings is 2. The summed E-state index contributed by atoms with van der Waals surface area (Å²) in [5.74, 6) is 1.80. The van der Waals surface area contributed by atoms with Gasteiger partial charge in [0.25, 0.3) is 0 Å². The smallest absolute Gasteiger partial charge is 0.119 e. The molecule has 0 N–H and O–H groups in total. The molecule has 0 saturated carbocycles. The lowest BCUT2D eigenvalue weighted by atomic mass is 10.1. The monoisotopic (exact) mass is 385 g/mol. The van der Waals surface area contributed by atoms with Crippen molar-refractivity contribution in [1.29, 1.82) is 0 Å². The Morgan fingerprint density at radius 3 is 2.18 bits per heavy atom. The van der Waals surface area contributed by atoms with Gasteiger partial charge in [-0.1, -0.05) is 24.3 Å². The molecule has 0 bridgehead atoms. The van der Waals surface area contributed by atoms with Crippen molar-refractivity contribution < 1.29 is 18.9 Å². The van der Waals surface area contributed by atoms with Crippen molar-refractivity contribution in [3.63, 3.8) is 0 Å². The van der Waals surface area contributed by atoms with E-state index in [9.17, 15) is 0 Å². The van der Waals surface area contributed by atoms with E-state index in [1.54, 1.807) is 7.11 Å². The van der Waals surface area contributed by atoms with Crippen molar-refractivity contribution in [1.82, 2.24) is 4.90 Å². The average Bonchev–Trinajstić information content (AvgIpc) is 3.46. The van der Waals surface area contributed by atoms with Gasteiger partial charge in [0.15, 0.2) is 0 Å². The SMILES string of the molecule is CCOCCOCCOc1ccc(C[C@H]2CN2Cc2ccc(OC)cc2)cc1. The summed E-state index contributed by atoms with van der Waals surface area (Å²) in [7, 11) is 1.70. The summed E-state index contributed by atoms with van der Waals surface area (Å²) in [6.07, 6.45) is 1.08. The highest BCUT2D eigenvalue weighted by Crippen LogP contribution is 2.26. The van der Waals surface area contributed by atoms with Crippen molar-refractivity contribution in [2.45, 2.75) is 25.9 Å². The van der Waals surface area contributed by atoms with Crippen LogP contribution in [0.25, 0.3) is 0 Å². The van der Waals surface area contributed by atoms with Crippen molar-refractivity contribution in [3.8, 4) is 11.5 Å². The molecule has 1 unspecified atom stereocenters. The van der Waals surface area contributed by atoms with Gasteiger partial charge in [0.05, 0.1) is 26.9 Å². The lowest BCUT2D eigenvalue weighted by Crippen LogP contribution is -2.10. The Balaban J connectivity index is 1.32. The van der Waals surface area contributed by atoms with Gasteiger partial charge in [-0.25, -0.2) is 0 Å². The van der Waals surface area contributed by atoms with E-state index < -0.39 is 0 Å². The van der Waals surface area contributed by atoms with Crippen molar-refractivity contribution in [2.75, 3.05) is 46.7 Å². The van der Waals surface area contributed by atoms with Crippen molar-refractivity contribution in [3.05, 3.63) is 59.7 Å². The van der Waals surface area contributed by atoms with Crippen LogP contribution in [0.1, 0.15) is 18.1 Å². The molecule has 0 spiro atoms. The van der Waals surface area contributed by atoms with Crippen LogP contribution < -0.4 is 9.47 Å². The average molecular weight is 386 g/mol. The number of nitrogens with zero attached hydrogens (tertiary/aromatic N) is 1. The predicted molar refractivity (Wildman–Crippen MR) is 110 cm³/mol. The first-order chi connectivity index (χ1) is 13.8. The van der Waals surface area contributed by atoms with Crippen LogP contribution in [-0.2, 0) is 22.4 Å². The Bertz CT molecular complexity index is 687. The fourth-order valence-electron chi connectivity index (χ4n) is 3.15. The van der Waals surface area contributed by atoms with Gasteiger partial charge in [-0.3, -0.25) is 4.90 Å². The van der Waals surface area contributed by atoms with Crippen LogP contribution in [0.3, 0.4) is 0 Å². The van der Waals surface area contributed by atoms with Crippen LogP contribution in [0.4, 0.5) is 0 Å². The molecule has 0 aromatic heterocycles. The van der Waals surface area contributed by atoms with Gasteiger partial charge < -0.3 is 18.9 Å². The van der Waals surface area contributed by atoms with Crippen molar-refractivity contribution in [2.24, 2.45) is 0 Å². The molecule has 1 fully saturated rings. The summed E-state index contributed by atoms with van der Waals surface area (Å²) in [5.41, 5.74) is 2.68. The topological polar surface area (TPSA) is 39.9 Å². The Kier molecular flexibility index (Phi) is 8.15. The summed E-state index contributed by atoms with van der Waals surface area (Å²) >= 11 is 0. The Labute approximate surface area is 168 Å². The highest BCUT2D eigenvalue weighted by molar-refractivity contribution is 5.29. The molecule has 5 heteroatoms. The first-order valence-corrected chi connectivity index (χ1v) is 10.0. The highest BCUT2D eigenvalue weighted by Gasteiger charge is 2.33. The molecule has 5 nitrogen and oxygen atoms in total. The van der Waals surface area contributed by atoms with Crippen LogP contribution in [0, 0.1) is 0 Å². The maximum atomic E-state index is 5.72. The zero-order valence-corrected chi connectivity index (χ0v) is 16.9. The second-order valence-electron chi connectivity index (χ2n) is 6.94. The van der Waals surface area contributed by atoms with E-state index in [2.05, 4.69) is 29.2 Å². The molecule has 1 aliphatic heterocycles. The number of hydrogen-bond donors (Lipinski definition) is 0. The fourth-order valence-corrected chi connectivity index (χ4v) is 3.15. The van der Waals surface area contributed by atoms with Gasteiger partial charge in [-0.2, -0.15) is 0 Å². The molecule has 1 heterocycles. The molecular weight excluding hydrogens is 354 g/mol. The summed E-state index contributed by atoms with van der Waals surface area (Å²) in [5, 5.41) is 0. The quantitative estimate of drug-likeness (QED) is 0.390. The highest BCUT2D eigenvalue weighted by atomic mass is 16.5. The maximum absolute atomic E-state index is 5.72. The lowest BCUT2D eigenvalue weighted by molar-refractivity contribution is 0.0405. The molecule has 2 aromatic carbocycles. The largest absolute Gasteiger partial charge is 0.497 e. The molecular formula is C23H31NO4. The second-order valence-corrected chi connectivity index (χ2v) is 6.94. The third kappa shape index (κ3) is 6.82. The molecule has 0 amide bonds. The van der Waals surface area contributed by atoms with Gasteiger partial charge in [0.2, 0.25) is 0 Å². The van der Waals surface area contributed by atoms with Crippen LogP contribution >= 0.6 is 0 Å². The van der Waals surface area contributed by atoms with Crippen LogP contribution in [-0.4, -0.2) is 57.6 Å². The number of rotatable bonds is 13. The van der Waals surface area contributed by atoms with Gasteiger partial charge >= 0.3 is 0 Å². The minimum absolute atomic E-state index is 0.559. The minimum Gasteiger partial charge on any atom is -0.497 e. The van der Waals surface area contributed by atoms with E-state index in [4.69, 9.17) is 18.9 Å². The fraction of sp³-hybridized carbons (Fsp3) is 0.478. The van der Waals surface area contributed by atoms with E-state index in [0.717, 1.165) is 37.6 Å². The predicted octanol–water partition coefficient (Wildman–Crippen LogP) is 3.55. The standard InChI is InChI=1S/C23H31NO4/c1-3-26-12-13-27-14-15-28-23-10-4-19(5-11-23)16-21-18-24(21)17-20-6-8-22(25-2)9-7-20/h4-11,21H,3,12-18H2,1-2H3/t21-,24?/m0/s1. The second kappa shape index (κ2) is 11.1. The molecule has 152 valence electrons. The maximum Gasteiger partial charge on any atom is 0.119 e. The first kappa shape index (κ1) is 20.6. The molecule has 2 aromatic rings. The Hall–Kier alpha value is -2.08. The molecule has 2 atom stereocenters. The van der Waals surface area contributed by atoms with E-state index >= 15 is 0 Å². The van der Waals surface area contributed by atoms with E-state index in [-0.39, 0.29) is 0 Å². The molecule has 1 aliphatic rings.